The average Bonchev–Trinajstić information content (AvgIpc) is 2.48. The topological polar surface area (TPSA) is 46.3 Å². The summed E-state index contributed by atoms with van der Waals surface area (Å²) < 4.78 is 0.814. The molecule has 21 heavy (non-hydrogen) atoms. The normalized spacial score (nSPS) is 13.9. The SMILES string of the molecule is Cc1ccc2c(c1)CCCN2C(=O)c1ccc(Br)c(N)c1. The molecule has 1 heterocycles. The van der Waals surface area contributed by atoms with E-state index in [-0.39, 0.29) is 5.91 Å². The molecule has 0 radical (unpaired) electrons. The number of hydrogen-bond acceptors (Lipinski definition) is 2. The molecule has 0 aliphatic carbocycles. The number of carbonyl (C=O) groups excluding carboxylic acids is 1. The van der Waals surface area contributed by atoms with Crippen LogP contribution in [-0.4, -0.2) is 12.5 Å². The van der Waals surface area contributed by atoms with E-state index in [0.29, 0.717) is 11.3 Å². The second-order valence-corrected chi connectivity index (χ2v) is 6.28. The number of aryl methyl sites for hydroxylation is 2. The fraction of sp³-hybridized carbons (Fsp3) is 0.235. The third kappa shape index (κ3) is 2.68. The van der Waals surface area contributed by atoms with Gasteiger partial charge in [-0.25, -0.2) is 0 Å². The van der Waals surface area contributed by atoms with Crippen molar-refractivity contribution in [2.45, 2.75) is 19.8 Å². The van der Waals surface area contributed by atoms with Crippen LogP contribution < -0.4 is 10.6 Å². The van der Waals surface area contributed by atoms with Gasteiger partial charge in [-0.3, -0.25) is 4.79 Å². The lowest BCUT2D eigenvalue weighted by Crippen LogP contribution is -2.35. The first-order chi connectivity index (χ1) is 10.1. The Morgan fingerprint density at radius 1 is 1.24 bits per heavy atom. The van der Waals surface area contributed by atoms with Gasteiger partial charge in [0.1, 0.15) is 0 Å². The summed E-state index contributed by atoms with van der Waals surface area (Å²) in [6.07, 6.45) is 2.03. The molecule has 0 aromatic heterocycles. The molecule has 0 saturated heterocycles. The lowest BCUT2D eigenvalue weighted by molar-refractivity contribution is 0.0985. The Labute approximate surface area is 132 Å². The van der Waals surface area contributed by atoms with Gasteiger partial charge in [-0.15, -0.1) is 0 Å². The summed E-state index contributed by atoms with van der Waals surface area (Å²) in [5.41, 5.74) is 10.6. The zero-order valence-electron chi connectivity index (χ0n) is 11.9. The van der Waals surface area contributed by atoms with Gasteiger partial charge in [0.25, 0.3) is 5.91 Å². The third-order valence-corrected chi connectivity index (χ3v) is 4.56. The van der Waals surface area contributed by atoms with Crippen molar-refractivity contribution < 1.29 is 4.79 Å². The fourth-order valence-electron chi connectivity index (χ4n) is 2.77. The van der Waals surface area contributed by atoms with Crippen LogP contribution in [0, 0.1) is 6.92 Å². The molecule has 0 spiro atoms. The van der Waals surface area contributed by atoms with Crippen LogP contribution in [0.4, 0.5) is 11.4 Å². The molecule has 0 atom stereocenters. The number of amides is 1. The van der Waals surface area contributed by atoms with Gasteiger partial charge in [-0.05, 0) is 65.5 Å². The molecule has 0 fully saturated rings. The van der Waals surface area contributed by atoms with Crippen LogP contribution >= 0.6 is 15.9 Å². The predicted octanol–water partition coefficient (Wildman–Crippen LogP) is 3.93. The van der Waals surface area contributed by atoms with E-state index in [2.05, 4.69) is 35.0 Å². The Bertz CT molecular complexity index is 712. The maximum atomic E-state index is 12.8. The summed E-state index contributed by atoms with van der Waals surface area (Å²) in [6.45, 7) is 2.83. The van der Waals surface area contributed by atoms with E-state index in [1.54, 1.807) is 6.07 Å². The predicted molar refractivity (Wildman–Crippen MR) is 89.7 cm³/mol. The van der Waals surface area contributed by atoms with E-state index in [1.165, 1.54) is 11.1 Å². The Kier molecular flexibility index (Phi) is 3.72. The quantitative estimate of drug-likeness (QED) is 0.796. The first kappa shape index (κ1) is 14.1. The maximum Gasteiger partial charge on any atom is 0.258 e. The number of benzene rings is 2. The second kappa shape index (κ2) is 5.53. The zero-order valence-corrected chi connectivity index (χ0v) is 13.5. The van der Waals surface area contributed by atoms with E-state index in [1.807, 2.05) is 23.1 Å². The highest BCUT2D eigenvalue weighted by molar-refractivity contribution is 9.10. The summed E-state index contributed by atoms with van der Waals surface area (Å²) in [5, 5.41) is 0. The molecule has 3 rings (SSSR count). The monoisotopic (exact) mass is 344 g/mol. The molecule has 2 aromatic carbocycles. The number of nitrogens with two attached hydrogens (primary N) is 1. The highest BCUT2D eigenvalue weighted by Gasteiger charge is 2.23. The zero-order chi connectivity index (χ0) is 15.0. The summed E-state index contributed by atoms with van der Waals surface area (Å²) in [5.74, 6) is 0.0130. The highest BCUT2D eigenvalue weighted by Crippen LogP contribution is 2.30. The minimum absolute atomic E-state index is 0.0130. The minimum Gasteiger partial charge on any atom is -0.398 e. The molecule has 0 bridgehead atoms. The van der Waals surface area contributed by atoms with Crippen LogP contribution in [-0.2, 0) is 6.42 Å². The van der Waals surface area contributed by atoms with Gasteiger partial charge < -0.3 is 10.6 Å². The van der Waals surface area contributed by atoms with Crippen molar-refractivity contribution in [2.75, 3.05) is 17.2 Å². The molecule has 1 aliphatic heterocycles. The van der Waals surface area contributed by atoms with Gasteiger partial charge in [0.15, 0.2) is 0 Å². The van der Waals surface area contributed by atoms with Crippen molar-refractivity contribution in [1.29, 1.82) is 0 Å². The van der Waals surface area contributed by atoms with E-state index in [0.717, 1.165) is 29.5 Å². The Hall–Kier alpha value is -1.81. The Morgan fingerprint density at radius 2 is 2.05 bits per heavy atom. The van der Waals surface area contributed by atoms with Crippen LogP contribution in [0.25, 0.3) is 0 Å². The van der Waals surface area contributed by atoms with Crippen molar-refractivity contribution >= 4 is 33.2 Å². The van der Waals surface area contributed by atoms with Crippen LogP contribution in [0.15, 0.2) is 40.9 Å². The number of carbonyl (C=O) groups is 1. The Balaban J connectivity index is 1.98. The largest absolute Gasteiger partial charge is 0.398 e. The lowest BCUT2D eigenvalue weighted by Gasteiger charge is -2.30. The number of anilines is 2. The van der Waals surface area contributed by atoms with Gasteiger partial charge in [-0.1, -0.05) is 17.7 Å². The maximum absolute atomic E-state index is 12.8. The van der Waals surface area contributed by atoms with Crippen molar-refractivity contribution in [1.82, 2.24) is 0 Å². The van der Waals surface area contributed by atoms with Crippen molar-refractivity contribution in [3.05, 3.63) is 57.6 Å². The van der Waals surface area contributed by atoms with Crippen LogP contribution in [0.5, 0.6) is 0 Å². The number of hydrogen-bond donors (Lipinski definition) is 1. The van der Waals surface area contributed by atoms with Crippen LogP contribution in [0.3, 0.4) is 0 Å². The molecule has 2 aromatic rings. The summed E-state index contributed by atoms with van der Waals surface area (Å²) in [6, 6.07) is 11.6. The first-order valence-electron chi connectivity index (χ1n) is 7.02. The number of nitrogen functional groups attached to an aromatic ring is 1. The molecule has 2 N–H and O–H groups in total. The molecule has 0 unspecified atom stereocenters. The fourth-order valence-corrected chi connectivity index (χ4v) is 3.02. The summed E-state index contributed by atoms with van der Waals surface area (Å²) in [7, 11) is 0. The van der Waals surface area contributed by atoms with E-state index in [4.69, 9.17) is 5.73 Å². The van der Waals surface area contributed by atoms with E-state index >= 15 is 0 Å². The molecule has 1 amide bonds. The first-order valence-corrected chi connectivity index (χ1v) is 7.82. The smallest absolute Gasteiger partial charge is 0.258 e. The highest BCUT2D eigenvalue weighted by atomic mass is 79.9. The average molecular weight is 345 g/mol. The molecule has 3 nitrogen and oxygen atoms in total. The van der Waals surface area contributed by atoms with E-state index < -0.39 is 0 Å². The van der Waals surface area contributed by atoms with Gasteiger partial charge in [0.05, 0.1) is 0 Å². The lowest BCUT2D eigenvalue weighted by atomic mass is 9.99. The van der Waals surface area contributed by atoms with Crippen LogP contribution in [0.2, 0.25) is 0 Å². The molecule has 1 aliphatic rings. The number of halogens is 1. The minimum atomic E-state index is 0.0130. The molecule has 108 valence electrons. The number of nitrogens with zero attached hydrogens (tertiary/aromatic N) is 1. The molecule has 4 heteroatoms. The van der Waals surface area contributed by atoms with Gasteiger partial charge >= 0.3 is 0 Å². The van der Waals surface area contributed by atoms with Crippen molar-refractivity contribution in [3.63, 3.8) is 0 Å². The molecular weight excluding hydrogens is 328 g/mol. The standard InChI is InChI=1S/C17H17BrN2O/c1-11-4-7-16-12(9-11)3-2-8-20(16)17(21)13-5-6-14(18)15(19)10-13/h4-7,9-10H,2-3,8,19H2,1H3. The van der Waals surface area contributed by atoms with Gasteiger partial charge in [0, 0.05) is 28.0 Å². The summed E-state index contributed by atoms with van der Waals surface area (Å²) in [4.78, 5) is 14.6. The van der Waals surface area contributed by atoms with Gasteiger partial charge in [-0.2, -0.15) is 0 Å². The third-order valence-electron chi connectivity index (χ3n) is 3.84. The number of rotatable bonds is 1. The molecule has 0 saturated carbocycles. The number of fused-ring (bicyclic) bond motifs is 1. The van der Waals surface area contributed by atoms with Gasteiger partial charge in [0.2, 0.25) is 0 Å². The van der Waals surface area contributed by atoms with Crippen LogP contribution in [0.1, 0.15) is 27.9 Å². The summed E-state index contributed by atoms with van der Waals surface area (Å²) >= 11 is 3.36. The Morgan fingerprint density at radius 3 is 2.81 bits per heavy atom. The van der Waals surface area contributed by atoms with Crippen molar-refractivity contribution in [2.24, 2.45) is 0 Å². The molecular formula is C17H17BrN2O. The second-order valence-electron chi connectivity index (χ2n) is 5.43. The van der Waals surface area contributed by atoms with Crippen molar-refractivity contribution in [3.8, 4) is 0 Å². The van der Waals surface area contributed by atoms with E-state index in [9.17, 15) is 4.79 Å².